The first-order valence-electron chi connectivity index (χ1n) is 12.3. The molecule has 2 aliphatic heterocycles. The number of carbonyl (C=O) groups excluding carboxylic acids is 2. The molecule has 0 radical (unpaired) electrons. The Morgan fingerprint density at radius 1 is 1.14 bits per heavy atom. The number of nitrogens with one attached hydrogen (secondary N) is 2. The second-order valence-electron chi connectivity index (χ2n) is 8.51. The van der Waals surface area contributed by atoms with Gasteiger partial charge in [0.1, 0.15) is 6.61 Å². The van der Waals surface area contributed by atoms with E-state index < -0.39 is 6.09 Å². The molecule has 2 aromatic rings. The maximum atomic E-state index is 12.5. The molecule has 11 heteroatoms. The molecule has 0 atom stereocenters. The highest BCUT2D eigenvalue weighted by molar-refractivity contribution is 8.14. The number of anilines is 1. The van der Waals surface area contributed by atoms with Crippen LogP contribution in [0.2, 0.25) is 0 Å². The first kappa shape index (κ1) is 26.8. The summed E-state index contributed by atoms with van der Waals surface area (Å²) in [5, 5.41) is 12.0. The quantitative estimate of drug-likeness (QED) is 0.483. The Morgan fingerprint density at radius 3 is 2.65 bits per heavy atom. The van der Waals surface area contributed by atoms with Gasteiger partial charge in [0.05, 0.1) is 26.0 Å². The molecule has 10 nitrogen and oxygen atoms in total. The predicted octanol–water partition coefficient (Wildman–Crippen LogP) is 3.62. The average molecular weight is 528 g/mol. The van der Waals surface area contributed by atoms with Crippen molar-refractivity contribution in [3.8, 4) is 11.5 Å². The van der Waals surface area contributed by atoms with Crippen LogP contribution in [0.5, 0.6) is 11.5 Å². The molecule has 0 saturated carbocycles. The van der Waals surface area contributed by atoms with Crippen LogP contribution in [0.25, 0.3) is 0 Å². The van der Waals surface area contributed by atoms with E-state index >= 15 is 0 Å². The van der Waals surface area contributed by atoms with E-state index in [1.807, 2.05) is 37.3 Å². The summed E-state index contributed by atoms with van der Waals surface area (Å²) < 4.78 is 16.3. The lowest BCUT2D eigenvalue weighted by atomic mass is 10.1. The van der Waals surface area contributed by atoms with Crippen molar-refractivity contribution in [1.82, 2.24) is 15.2 Å². The van der Waals surface area contributed by atoms with Gasteiger partial charge in [-0.2, -0.15) is 5.10 Å². The van der Waals surface area contributed by atoms with Crippen LogP contribution in [0.4, 0.5) is 15.3 Å². The van der Waals surface area contributed by atoms with Crippen molar-refractivity contribution in [2.45, 2.75) is 13.5 Å². The molecule has 0 bridgehead atoms. The van der Waals surface area contributed by atoms with Crippen molar-refractivity contribution >= 4 is 34.5 Å². The van der Waals surface area contributed by atoms with Gasteiger partial charge in [-0.15, -0.1) is 0 Å². The maximum absolute atomic E-state index is 12.5. The van der Waals surface area contributed by atoms with Crippen LogP contribution in [-0.2, 0) is 11.3 Å². The molecule has 2 amide bonds. The fourth-order valence-corrected chi connectivity index (χ4v) is 4.75. The summed E-state index contributed by atoms with van der Waals surface area (Å²) >= 11 is 1.21. The van der Waals surface area contributed by atoms with Crippen LogP contribution in [0, 0.1) is 0 Å². The molecule has 0 spiro atoms. The van der Waals surface area contributed by atoms with Gasteiger partial charge in [-0.1, -0.05) is 23.9 Å². The van der Waals surface area contributed by atoms with Crippen LogP contribution in [0.3, 0.4) is 0 Å². The fraction of sp³-hybridized carbons (Fsp3) is 0.423. The number of piperazine rings is 1. The van der Waals surface area contributed by atoms with Crippen molar-refractivity contribution in [3.63, 3.8) is 0 Å². The Labute approximate surface area is 221 Å². The molecule has 0 unspecified atom stereocenters. The second-order valence-corrected chi connectivity index (χ2v) is 9.43. The van der Waals surface area contributed by atoms with Crippen molar-refractivity contribution in [1.29, 1.82) is 0 Å². The third kappa shape index (κ3) is 7.61. The number of nitrogens with zero attached hydrogens (tertiary/aromatic N) is 3. The van der Waals surface area contributed by atoms with E-state index in [0.29, 0.717) is 42.7 Å². The van der Waals surface area contributed by atoms with Gasteiger partial charge in [0, 0.05) is 49.7 Å². The van der Waals surface area contributed by atoms with E-state index in [1.165, 1.54) is 16.8 Å². The summed E-state index contributed by atoms with van der Waals surface area (Å²) in [6.07, 6.45) is -0.481. The van der Waals surface area contributed by atoms with E-state index in [0.717, 1.165) is 49.6 Å². The maximum Gasteiger partial charge on any atom is 0.411 e. The summed E-state index contributed by atoms with van der Waals surface area (Å²) in [4.78, 5) is 26.9. The van der Waals surface area contributed by atoms with Gasteiger partial charge < -0.3 is 19.5 Å². The lowest BCUT2D eigenvalue weighted by Crippen LogP contribution is -2.44. The van der Waals surface area contributed by atoms with Crippen LogP contribution in [0.1, 0.15) is 18.1 Å². The topological polar surface area (TPSA) is 105 Å². The minimum atomic E-state index is -0.481. The zero-order valence-corrected chi connectivity index (χ0v) is 22.0. The average Bonchev–Trinajstić information content (AvgIpc) is 2.92. The SMILES string of the molecule is CCOc1cc(C2=NN(Cc3ccc(NC(=O)OCCN4CCNCC4)cc3)C(=O)SC2)ccc1OC. The van der Waals surface area contributed by atoms with Gasteiger partial charge in [0.2, 0.25) is 0 Å². The van der Waals surface area contributed by atoms with Crippen LogP contribution in [0.15, 0.2) is 47.6 Å². The second kappa shape index (κ2) is 13.3. The summed E-state index contributed by atoms with van der Waals surface area (Å²) in [5.74, 6) is 1.77. The molecular weight excluding hydrogens is 494 g/mol. The normalized spacial score (nSPS) is 16.2. The molecule has 37 heavy (non-hydrogen) atoms. The Morgan fingerprint density at radius 2 is 1.92 bits per heavy atom. The molecule has 2 aromatic carbocycles. The minimum Gasteiger partial charge on any atom is -0.493 e. The standard InChI is InChI=1S/C26H33N5O5S/c1-3-35-24-16-20(6-9-23(24)34-2)22-18-37-26(33)31(29-22)17-19-4-7-21(8-5-19)28-25(32)36-15-14-30-12-10-27-11-13-30/h4-9,16,27H,3,10-15,17-18H2,1-2H3,(H,28,32). The molecule has 4 rings (SSSR count). The Balaban J connectivity index is 1.32. The van der Waals surface area contributed by atoms with Crippen molar-refractivity contribution in [3.05, 3.63) is 53.6 Å². The van der Waals surface area contributed by atoms with E-state index in [-0.39, 0.29) is 5.24 Å². The highest BCUT2D eigenvalue weighted by atomic mass is 32.2. The van der Waals surface area contributed by atoms with Crippen molar-refractivity contribution in [2.24, 2.45) is 5.10 Å². The van der Waals surface area contributed by atoms with Crippen LogP contribution in [-0.4, -0.2) is 85.8 Å². The van der Waals surface area contributed by atoms with Crippen LogP contribution >= 0.6 is 11.8 Å². The van der Waals surface area contributed by atoms with Crippen LogP contribution < -0.4 is 20.1 Å². The number of amides is 2. The Bertz CT molecular complexity index is 1110. The molecule has 1 saturated heterocycles. The van der Waals surface area contributed by atoms with Gasteiger partial charge in [-0.25, -0.2) is 9.80 Å². The number of hydrogen-bond donors (Lipinski definition) is 2. The third-order valence-corrected chi connectivity index (χ3v) is 6.84. The number of thioether (sulfide) groups is 1. The number of benzene rings is 2. The predicted molar refractivity (Wildman–Crippen MR) is 145 cm³/mol. The van der Waals surface area contributed by atoms with Crippen molar-refractivity contribution in [2.75, 3.05) is 64.1 Å². The number of hydrogen-bond acceptors (Lipinski definition) is 9. The molecule has 1 fully saturated rings. The van der Waals surface area contributed by atoms with E-state index in [2.05, 4.69) is 20.6 Å². The van der Waals surface area contributed by atoms with Gasteiger partial charge in [-0.05, 0) is 42.8 Å². The molecular formula is C26H33N5O5S. The number of ether oxygens (including phenoxy) is 3. The molecule has 0 aromatic heterocycles. The number of rotatable bonds is 10. The summed E-state index contributed by atoms with van der Waals surface area (Å²) in [7, 11) is 1.60. The van der Waals surface area contributed by atoms with Gasteiger partial charge in [0.15, 0.2) is 11.5 Å². The summed E-state index contributed by atoms with van der Waals surface area (Å²) in [6.45, 7) is 7.67. The summed E-state index contributed by atoms with van der Waals surface area (Å²) in [5.41, 5.74) is 3.18. The molecule has 2 aliphatic rings. The number of methoxy groups -OCH3 is 1. The van der Waals surface area contributed by atoms with Gasteiger partial charge in [-0.3, -0.25) is 15.0 Å². The highest BCUT2D eigenvalue weighted by Crippen LogP contribution is 2.30. The number of carbonyl (C=O) groups is 2. The molecule has 2 N–H and O–H groups in total. The largest absolute Gasteiger partial charge is 0.493 e. The highest BCUT2D eigenvalue weighted by Gasteiger charge is 2.23. The van der Waals surface area contributed by atoms with E-state index in [9.17, 15) is 9.59 Å². The smallest absolute Gasteiger partial charge is 0.411 e. The van der Waals surface area contributed by atoms with Crippen molar-refractivity contribution < 1.29 is 23.8 Å². The zero-order chi connectivity index (χ0) is 26.0. The minimum absolute atomic E-state index is 0.113. The van der Waals surface area contributed by atoms with Gasteiger partial charge in [0.25, 0.3) is 0 Å². The molecule has 198 valence electrons. The first-order valence-corrected chi connectivity index (χ1v) is 13.3. The fourth-order valence-electron chi connectivity index (χ4n) is 4.01. The Hall–Kier alpha value is -3.28. The van der Waals surface area contributed by atoms with E-state index in [1.54, 1.807) is 19.2 Å². The Kier molecular flexibility index (Phi) is 9.64. The summed E-state index contributed by atoms with van der Waals surface area (Å²) in [6, 6.07) is 12.9. The lowest BCUT2D eigenvalue weighted by molar-refractivity contribution is 0.134. The lowest BCUT2D eigenvalue weighted by Gasteiger charge is -2.26. The monoisotopic (exact) mass is 527 g/mol. The molecule has 2 heterocycles. The number of hydrazone groups is 1. The van der Waals surface area contributed by atoms with E-state index in [4.69, 9.17) is 14.2 Å². The third-order valence-electron chi connectivity index (χ3n) is 5.96. The molecule has 0 aliphatic carbocycles. The zero-order valence-electron chi connectivity index (χ0n) is 21.2. The van der Waals surface area contributed by atoms with Gasteiger partial charge >= 0.3 is 11.3 Å². The first-order chi connectivity index (χ1) is 18.1.